The van der Waals surface area contributed by atoms with Crippen molar-refractivity contribution in [3.05, 3.63) is 52.2 Å². The molecule has 1 atom stereocenters. The van der Waals surface area contributed by atoms with Crippen molar-refractivity contribution in [2.75, 3.05) is 18.0 Å². The summed E-state index contributed by atoms with van der Waals surface area (Å²) in [6.07, 6.45) is 0.456. The zero-order chi connectivity index (χ0) is 15.6. The quantitative estimate of drug-likeness (QED) is 0.890. The number of aliphatic hydroxyl groups is 1. The number of aryl methyl sites for hydroxylation is 1. The van der Waals surface area contributed by atoms with E-state index >= 15 is 0 Å². The van der Waals surface area contributed by atoms with Crippen LogP contribution in [0.4, 0.5) is 5.69 Å². The van der Waals surface area contributed by atoms with E-state index in [9.17, 15) is 9.90 Å². The van der Waals surface area contributed by atoms with Crippen LogP contribution in [0.25, 0.3) is 0 Å². The smallest absolute Gasteiger partial charge is 0.260 e. The molecular weight excluding hydrogens is 296 g/mol. The number of rotatable bonds is 5. The first-order valence-electron chi connectivity index (χ1n) is 7.43. The molecule has 0 saturated carbocycles. The SMILES string of the molecule is Cc1ccsc1CNCC1(O)CCN(c2ccccc2)C1=O. The van der Waals surface area contributed by atoms with Crippen LogP contribution in [-0.4, -0.2) is 29.7 Å². The summed E-state index contributed by atoms with van der Waals surface area (Å²) in [5, 5.41) is 15.9. The Labute approximate surface area is 134 Å². The van der Waals surface area contributed by atoms with Crippen LogP contribution in [0.5, 0.6) is 0 Å². The molecule has 0 bridgehead atoms. The Morgan fingerprint density at radius 2 is 2.09 bits per heavy atom. The van der Waals surface area contributed by atoms with Gasteiger partial charge >= 0.3 is 0 Å². The number of hydrogen-bond acceptors (Lipinski definition) is 4. The second-order valence-corrected chi connectivity index (χ2v) is 6.70. The third kappa shape index (κ3) is 2.92. The zero-order valence-corrected chi connectivity index (χ0v) is 13.4. The van der Waals surface area contributed by atoms with Crippen molar-refractivity contribution in [3.8, 4) is 0 Å². The van der Waals surface area contributed by atoms with Crippen molar-refractivity contribution in [2.24, 2.45) is 0 Å². The molecule has 5 heteroatoms. The Balaban J connectivity index is 1.62. The fourth-order valence-electron chi connectivity index (χ4n) is 2.74. The highest BCUT2D eigenvalue weighted by atomic mass is 32.1. The van der Waals surface area contributed by atoms with Gasteiger partial charge in [-0.2, -0.15) is 0 Å². The van der Waals surface area contributed by atoms with Gasteiger partial charge in [-0.1, -0.05) is 18.2 Å². The van der Waals surface area contributed by atoms with Gasteiger partial charge < -0.3 is 15.3 Å². The molecule has 2 aromatic rings. The van der Waals surface area contributed by atoms with E-state index in [-0.39, 0.29) is 12.5 Å². The molecule has 0 spiro atoms. The number of nitrogens with one attached hydrogen (secondary N) is 1. The summed E-state index contributed by atoms with van der Waals surface area (Å²) >= 11 is 1.69. The number of hydrogen-bond donors (Lipinski definition) is 2. The van der Waals surface area contributed by atoms with Gasteiger partial charge in [0.15, 0.2) is 5.60 Å². The molecule has 1 aliphatic rings. The molecule has 1 aromatic heterocycles. The minimum absolute atomic E-state index is 0.214. The molecule has 0 radical (unpaired) electrons. The van der Waals surface area contributed by atoms with Crippen LogP contribution in [0.3, 0.4) is 0 Å². The number of carbonyl (C=O) groups excluding carboxylic acids is 1. The maximum atomic E-state index is 12.5. The number of para-hydroxylation sites is 1. The first-order chi connectivity index (χ1) is 10.6. The summed E-state index contributed by atoms with van der Waals surface area (Å²) < 4.78 is 0. The first kappa shape index (κ1) is 15.2. The molecule has 1 fully saturated rings. The predicted octanol–water partition coefficient (Wildman–Crippen LogP) is 2.31. The molecule has 1 saturated heterocycles. The summed E-state index contributed by atoms with van der Waals surface area (Å²) in [4.78, 5) is 15.4. The number of thiophene rings is 1. The number of anilines is 1. The first-order valence-corrected chi connectivity index (χ1v) is 8.31. The lowest BCUT2D eigenvalue weighted by Crippen LogP contribution is -2.47. The molecular formula is C17H20N2O2S. The van der Waals surface area contributed by atoms with E-state index in [0.717, 1.165) is 5.69 Å². The highest BCUT2D eigenvalue weighted by Crippen LogP contribution is 2.28. The van der Waals surface area contributed by atoms with E-state index in [2.05, 4.69) is 23.7 Å². The lowest BCUT2D eigenvalue weighted by molar-refractivity contribution is -0.132. The van der Waals surface area contributed by atoms with Crippen molar-refractivity contribution in [2.45, 2.75) is 25.5 Å². The van der Waals surface area contributed by atoms with Crippen LogP contribution in [0.15, 0.2) is 41.8 Å². The van der Waals surface area contributed by atoms with Gasteiger partial charge in [-0.3, -0.25) is 4.79 Å². The number of amides is 1. The third-order valence-electron chi connectivity index (χ3n) is 4.13. The van der Waals surface area contributed by atoms with Crippen molar-refractivity contribution in [1.29, 1.82) is 0 Å². The van der Waals surface area contributed by atoms with Crippen molar-refractivity contribution >= 4 is 22.9 Å². The van der Waals surface area contributed by atoms with Crippen LogP contribution < -0.4 is 10.2 Å². The fraction of sp³-hybridized carbons (Fsp3) is 0.353. The third-order valence-corrected chi connectivity index (χ3v) is 5.15. The lowest BCUT2D eigenvalue weighted by Gasteiger charge is -2.23. The van der Waals surface area contributed by atoms with Crippen LogP contribution in [0, 0.1) is 6.92 Å². The van der Waals surface area contributed by atoms with Gasteiger partial charge in [-0.25, -0.2) is 0 Å². The summed E-state index contributed by atoms with van der Waals surface area (Å²) in [6.45, 7) is 3.59. The Morgan fingerprint density at radius 1 is 1.32 bits per heavy atom. The maximum Gasteiger partial charge on any atom is 0.260 e. The van der Waals surface area contributed by atoms with E-state index in [1.165, 1.54) is 10.4 Å². The Morgan fingerprint density at radius 3 is 2.77 bits per heavy atom. The van der Waals surface area contributed by atoms with Crippen molar-refractivity contribution < 1.29 is 9.90 Å². The Bertz CT molecular complexity index is 656. The Hall–Kier alpha value is -1.69. The molecule has 1 unspecified atom stereocenters. The molecule has 4 nitrogen and oxygen atoms in total. The van der Waals surface area contributed by atoms with Gasteiger partial charge in [-0.05, 0) is 36.1 Å². The minimum atomic E-state index is -1.30. The van der Waals surface area contributed by atoms with Crippen LogP contribution in [0.1, 0.15) is 16.9 Å². The second kappa shape index (κ2) is 6.20. The van der Waals surface area contributed by atoms with Gasteiger partial charge in [0.1, 0.15) is 0 Å². The lowest BCUT2D eigenvalue weighted by atomic mass is 10.0. The molecule has 3 rings (SSSR count). The predicted molar refractivity (Wildman–Crippen MR) is 89.1 cm³/mol. The van der Waals surface area contributed by atoms with Gasteiger partial charge in [-0.15, -0.1) is 11.3 Å². The standard InChI is InChI=1S/C17H20N2O2S/c1-13-7-10-22-15(13)11-18-12-17(21)8-9-19(16(17)20)14-5-3-2-4-6-14/h2-7,10,18,21H,8-9,11-12H2,1H3. The summed E-state index contributed by atoms with van der Waals surface area (Å²) in [5.41, 5.74) is 0.784. The van der Waals surface area contributed by atoms with E-state index in [4.69, 9.17) is 0 Å². The van der Waals surface area contributed by atoms with E-state index in [1.54, 1.807) is 16.2 Å². The van der Waals surface area contributed by atoms with Gasteiger partial charge in [0.2, 0.25) is 0 Å². The van der Waals surface area contributed by atoms with E-state index in [0.29, 0.717) is 19.5 Å². The average molecular weight is 316 g/mol. The van der Waals surface area contributed by atoms with Gasteiger partial charge in [0, 0.05) is 36.6 Å². The molecule has 22 heavy (non-hydrogen) atoms. The average Bonchev–Trinajstić information content (AvgIpc) is 3.06. The normalized spacial score (nSPS) is 21.5. The minimum Gasteiger partial charge on any atom is -0.379 e. The zero-order valence-electron chi connectivity index (χ0n) is 12.6. The monoisotopic (exact) mass is 316 g/mol. The largest absolute Gasteiger partial charge is 0.379 e. The van der Waals surface area contributed by atoms with E-state index < -0.39 is 5.60 Å². The number of nitrogens with zero attached hydrogens (tertiary/aromatic N) is 1. The molecule has 2 N–H and O–H groups in total. The van der Waals surface area contributed by atoms with Crippen molar-refractivity contribution in [1.82, 2.24) is 5.32 Å². The summed E-state index contributed by atoms with van der Waals surface area (Å²) in [7, 11) is 0. The van der Waals surface area contributed by atoms with Crippen molar-refractivity contribution in [3.63, 3.8) is 0 Å². The maximum absolute atomic E-state index is 12.5. The molecule has 1 aliphatic heterocycles. The molecule has 0 aliphatic carbocycles. The van der Waals surface area contributed by atoms with Crippen LogP contribution in [0.2, 0.25) is 0 Å². The van der Waals surface area contributed by atoms with Crippen LogP contribution >= 0.6 is 11.3 Å². The number of carbonyl (C=O) groups is 1. The van der Waals surface area contributed by atoms with Gasteiger partial charge in [0.25, 0.3) is 5.91 Å². The van der Waals surface area contributed by atoms with Gasteiger partial charge in [0.05, 0.1) is 0 Å². The highest BCUT2D eigenvalue weighted by molar-refractivity contribution is 7.10. The molecule has 2 heterocycles. The van der Waals surface area contributed by atoms with Crippen LogP contribution in [-0.2, 0) is 11.3 Å². The topological polar surface area (TPSA) is 52.6 Å². The Kier molecular flexibility index (Phi) is 4.29. The highest BCUT2D eigenvalue weighted by Gasteiger charge is 2.45. The fourth-order valence-corrected chi connectivity index (χ4v) is 3.62. The molecule has 1 amide bonds. The molecule has 116 valence electrons. The molecule has 1 aromatic carbocycles. The number of benzene rings is 1. The van der Waals surface area contributed by atoms with E-state index in [1.807, 2.05) is 30.3 Å². The summed E-state index contributed by atoms with van der Waals surface area (Å²) in [6, 6.07) is 11.6. The second-order valence-electron chi connectivity index (χ2n) is 5.70. The summed E-state index contributed by atoms with van der Waals surface area (Å²) in [5.74, 6) is -0.214.